The minimum Gasteiger partial charge on any atom is -0.397 e. The van der Waals surface area contributed by atoms with E-state index in [1.54, 1.807) is 0 Å². The fraction of sp³-hybridized carbons (Fsp3) is 0.0476. The first kappa shape index (κ1) is 13.6. The standard InChI is InChI=1S/C21H18N2/c1-15-11-12-21(19(22)13-15)23-14-18(16-7-3-2-4-8-16)17-9-5-6-10-20(17)23/h2-14H,22H2,1H3. The Morgan fingerprint density at radius 1 is 0.826 bits per heavy atom. The SMILES string of the molecule is Cc1ccc(-n2cc(-c3ccccc3)c3ccccc32)c(N)c1. The van der Waals surface area contributed by atoms with E-state index in [1.807, 2.05) is 12.1 Å². The summed E-state index contributed by atoms with van der Waals surface area (Å²) in [5.74, 6) is 0. The van der Waals surface area contributed by atoms with Gasteiger partial charge in [0.25, 0.3) is 0 Å². The zero-order valence-corrected chi connectivity index (χ0v) is 13.0. The van der Waals surface area contributed by atoms with Crippen molar-refractivity contribution < 1.29 is 0 Å². The van der Waals surface area contributed by atoms with Crippen LogP contribution in [0.4, 0.5) is 5.69 Å². The van der Waals surface area contributed by atoms with Crippen molar-refractivity contribution in [3.05, 3.63) is 84.6 Å². The number of fused-ring (bicyclic) bond motifs is 1. The topological polar surface area (TPSA) is 30.9 Å². The van der Waals surface area contributed by atoms with E-state index < -0.39 is 0 Å². The minimum absolute atomic E-state index is 0.797. The Bertz CT molecular complexity index is 981. The number of hydrogen-bond acceptors (Lipinski definition) is 1. The van der Waals surface area contributed by atoms with Crippen molar-refractivity contribution in [1.29, 1.82) is 0 Å². The second-order valence-electron chi connectivity index (χ2n) is 5.86. The summed E-state index contributed by atoms with van der Waals surface area (Å²) in [6.07, 6.45) is 2.18. The Balaban J connectivity index is 2.02. The van der Waals surface area contributed by atoms with Crippen molar-refractivity contribution in [2.24, 2.45) is 0 Å². The van der Waals surface area contributed by atoms with Gasteiger partial charge < -0.3 is 10.3 Å². The molecular weight excluding hydrogens is 280 g/mol. The molecule has 0 aliphatic rings. The highest BCUT2D eigenvalue weighted by atomic mass is 15.0. The lowest BCUT2D eigenvalue weighted by Crippen LogP contribution is -1.98. The summed E-state index contributed by atoms with van der Waals surface area (Å²) in [5, 5.41) is 1.23. The molecule has 0 aliphatic heterocycles. The number of nitrogens with two attached hydrogens (primary N) is 1. The van der Waals surface area contributed by atoms with Crippen molar-refractivity contribution in [1.82, 2.24) is 4.57 Å². The minimum atomic E-state index is 0.797. The van der Waals surface area contributed by atoms with Crippen LogP contribution in [0.2, 0.25) is 0 Å². The average Bonchev–Trinajstić information content (AvgIpc) is 2.95. The molecule has 0 saturated carbocycles. The molecule has 112 valence electrons. The molecule has 0 fully saturated rings. The van der Waals surface area contributed by atoms with Crippen molar-refractivity contribution in [3.63, 3.8) is 0 Å². The van der Waals surface area contributed by atoms with E-state index in [-0.39, 0.29) is 0 Å². The quantitative estimate of drug-likeness (QED) is 0.507. The van der Waals surface area contributed by atoms with Crippen LogP contribution in [0.1, 0.15) is 5.56 Å². The summed E-state index contributed by atoms with van der Waals surface area (Å²) in [5.41, 5.74) is 12.9. The third-order valence-corrected chi connectivity index (χ3v) is 4.24. The van der Waals surface area contributed by atoms with Crippen LogP contribution in [-0.4, -0.2) is 4.57 Å². The van der Waals surface area contributed by atoms with Gasteiger partial charge in [-0.3, -0.25) is 0 Å². The smallest absolute Gasteiger partial charge is 0.0686 e. The molecule has 1 heterocycles. The Hall–Kier alpha value is -3.00. The van der Waals surface area contributed by atoms with Gasteiger partial charge in [0.2, 0.25) is 0 Å². The molecule has 0 bridgehead atoms. The zero-order chi connectivity index (χ0) is 15.8. The Morgan fingerprint density at radius 2 is 1.57 bits per heavy atom. The number of hydrogen-bond donors (Lipinski definition) is 1. The molecule has 2 heteroatoms. The molecule has 23 heavy (non-hydrogen) atoms. The predicted molar refractivity (Wildman–Crippen MR) is 97.9 cm³/mol. The molecule has 1 aromatic heterocycles. The molecule has 0 saturated heterocycles. The highest BCUT2D eigenvalue weighted by Crippen LogP contribution is 2.33. The molecule has 0 amide bonds. The molecular formula is C21H18N2. The Labute approximate surface area is 135 Å². The maximum Gasteiger partial charge on any atom is 0.0686 e. The van der Waals surface area contributed by atoms with Crippen LogP contribution in [0.15, 0.2) is 79.0 Å². The molecule has 4 aromatic rings. The fourth-order valence-corrected chi connectivity index (χ4v) is 3.12. The van der Waals surface area contributed by atoms with E-state index in [0.717, 1.165) is 11.4 Å². The molecule has 3 aromatic carbocycles. The number of nitrogens with zero attached hydrogens (tertiary/aromatic N) is 1. The monoisotopic (exact) mass is 298 g/mol. The second-order valence-corrected chi connectivity index (χ2v) is 5.86. The molecule has 0 atom stereocenters. The van der Waals surface area contributed by atoms with Crippen LogP contribution in [0.3, 0.4) is 0 Å². The summed E-state index contributed by atoms with van der Waals surface area (Å²) >= 11 is 0. The van der Waals surface area contributed by atoms with Gasteiger partial charge in [-0.05, 0) is 36.2 Å². The van der Waals surface area contributed by atoms with Gasteiger partial charge in [-0.2, -0.15) is 0 Å². The zero-order valence-electron chi connectivity index (χ0n) is 13.0. The van der Waals surface area contributed by atoms with Gasteiger partial charge in [0.1, 0.15) is 0 Å². The van der Waals surface area contributed by atoms with Gasteiger partial charge >= 0.3 is 0 Å². The van der Waals surface area contributed by atoms with Crippen molar-refractivity contribution >= 4 is 16.6 Å². The van der Waals surface area contributed by atoms with Gasteiger partial charge in [0.15, 0.2) is 0 Å². The second kappa shape index (κ2) is 5.33. The number of para-hydroxylation sites is 1. The molecule has 4 rings (SSSR count). The van der Waals surface area contributed by atoms with Gasteiger partial charge in [-0.25, -0.2) is 0 Å². The lowest BCUT2D eigenvalue weighted by molar-refractivity contribution is 1.13. The molecule has 2 N–H and O–H groups in total. The van der Waals surface area contributed by atoms with Crippen molar-refractivity contribution in [2.75, 3.05) is 5.73 Å². The highest BCUT2D eigenvalue weighted by Gasteiger charge is 2.12. The number of nitrogen functional groups attached to an aromatic ring is 1. The van der Waals surface area contributed by atoms with Crippen LogP contribution in [0.5, 0.6) is 0 Å². The summed E-state index contributed by atoms with van der Waals surface area (Å²) in [4.78, 5) is 0. The van der Waals surface area contributed by atoms with E-state index in [2.05, 4.69) is 78.4 Å². The van der Waals surface area contributed by atoms with Gasteiger partial charge in [0, 0.05) is 17.1 Å². The van der Waals surface area contributed by atoms with Crippen LogP contribution in [-0.2, 0) is 0 Å². The Kier molecular flexibility index (Phi) is 3.16. The number of aryl methyl sites for hydroxylation is 1. The first-order chi connectivity index (χ1) is 11.2. The molecule has 2 nitrogen and oxygen atoms in total. The van der Waals surface area contributed by atoms with Gasteiger partial charge in [-0.15, -0.1) is 0 Å². The van der Waals surface area contributed by atoms with E-state index in [1.165, 1.54) is 27.6 Å². The fourth-order valence-electron chi connectivity index (χ4n) is 3.12. The van der Waals surface area contributed by atoms with Crippen LogP contribution < -0.4 is 5.73 Å². The third-order valence-electron chi connectivity index (χ3n) is 4.24. The van der Waals surface area contributed by atoms with Gasteiger partial charge in [-0.1, -0.05) is 54.6 Å². The van der Waals surface area contributed by atoms with Crippen LogP contribution in [0.25, 0.3) is 27.7 Å². The van der Waals surface area contributed by atoms with Crippen molar-refractivity contribution in [2.45, 2.75) is 6.92 Å². The van der Waals surface area contributed by atoms with Crippen LogP contribution >= 0.6 is 0 Å². The molecule has 0 radical (unpaired) electrons. The number of anilines is 1. The average molecular weight is 298 g/mol. The molecule has 0 spiro atoms. The summed E-state index contributed by atoms with van der Waals surface area (Å²) < 4.78 is 2.19. The highest BCUT2D eigenvalue weighted by molar-refractivity contribution is 5.97. The van der Waals surface area contributed by atoms with Crippen LogP contribution in [0, 0.1) is 6.92 Å². The normalized spacial score (nSPS) is 11.0. The lowest BCUT2D eigenvalue weighted by atomic mass is 10.1. The maximum absolute atomic E-state index is 6.27. The number of aromatic nitrogens is 1. The molecule has 0 unspecified atom stereocenters. The third kappa shape index (κ3) is 2.29. The molecule has 0 aliphatic carbocycles. The van der Waals surface area contributed by atoms with E-state index in [4.69, 9.17) is 5.73 Å². The predicted octanol–water partition coefficient (Wildman–Crippen LogP) is 5.19. The first-order valence-electron chi connectivity index (χ1n) is 7.76. The summed E-state index contributed by atoms with van der Waals surface area (Å²) in [7, 11) is 0. The van der Waals surface area contributed by atoms with E-state index >= 15 is 0 Å². The lowest BCUT2D eigenvalue weighted by Gasteiger charge is -2.09. The summed E-state index contributed by atoms with van der Waals surface area (Å²) in [6, 6.07) is 25.1. The van der Waals surface area contributed by atoms with E-state index in [0.29, 0.717) is 0 Å². The Morgan fingerprint density at radius 3 is 2.35 bits per heavy atom. The largest absolute Gasteiger partial charge is 0.397 e. The summed E-state index contributed by atoms with van der Waals surface area (Å²) in [6.45, 7) is 2.06. The van der Waals surface area contributed by atoms with E-state index in [9.17, 15) is 0 Å². The van der Waals surface area contributed by atoms with Gasteiger partial charge in [0.05, 0.1) is 16.9 Å². The first-order valence-corrected chi connectivity index (χ1v) is 7.76. The maximum atomic E-state index is 6.27. The number of rotatable bonds is 2. The van der Waals surface area contributed by atoms with Crippen molar-refractivity contribution in [3.8, 4) is 16.8 Å². The number of benzene rings is 3.